The Morgan fingerprint density at radius 2 is 2.15 bits per heavy atom. The molecule has 0 spiro atoms. The third kappa shape index (κ3) is 1.43. The number of pyridine rings is 1. The average molecular weight is 183 g/mol. The molecule has 1 aliphatic rings. The predicted octanol–water partition coefficient (Wildman–Crippen LogP) is 1.95. The molecule has 13 heavy (non-hydrogen) atoms. The number of Topliss-reactive ketones (excluding diaryl/α,β-unsaturated/α-hetero) is 1. The van der Waals surface area contributed by atoms with Gasteiger partial charge in [0.1, 0.15) is 0 Å². The number of nitrogens with zero attached hydrogens (tertiary/aromatic N) is 1. The average Bonchev–Trinajstić information content (AvgIpc) is 2.91. The number of hydrogen-bond donors (Lipinski definition) is 0. The molecule has 0 unspecified atom stereocenters. The van der Waals surface area contributed by atoms with Gasteiger partial charge in [-0.05, 0) is 18.9 Å². The molecule has 1 saturated carbocycles. The van der Waals surface area contributed by atoms with Crippen molar-refractivity contribution in [2.45, 2.75) is 12.8 Å². The molecule has 68 valence electrons. The number of aromatic nitrogens is 1. The lowest BCUT2D eigenvalue weighted by Gasteiger charge is -1.99. The smallest absolute Gasteiger partial charge is 0.249 e. The van der Waals surface area contributed by atoms with Crippen LogP contribution in [0.1, 0.15) is 23.2 Å². The van der Waals surface area contributed by atoms with Crippen LogP contribution in [0, 0.1) is 17.7 Å². The molecule has 4 heteroatoms. The van der Waals surface area contributed by atoms with Gasteiger partial charge in [-0.2, -0.15) is 4.39 Å². The number of halogens is 2. The molecular weight excluding hydrogens is 176 g/mol. The lowest BCUT2D eigenvalue weighted by molar-refractivity contribution is 0.0962. The van der Waals surface area contributed by atoms with Gasteiger partial charge in [-0.1, -0.05) is 0 Å². The third-order valence-corrected chi connectivity index (χ3v) is 2.06. The lowest BCUT2D eigenvalue weighted by atomic mass is 10.1. The molecule has 0 atom stereocenters. The normalized spacial score (nSPS) is 15.8. The second-order valence-electron chi connectivity index (χ2n) is 3.10. The van der Waals surface area contributed by atoms with Gasteiger partial charge in [0.15, 0.2) is 11.6 Å². The Morgan fingerprint density at radius 3 is 2.77 bits per heavy atom. The van der Waals surface area contributed by atoms with E-state index in [-0.39, 0.29) is 17.3 Å². The first-order valence-electron chi connectivity index (χ1n) is 4.04. The largest absolute Gasteiger partial charge is 0.294 e. The van der Waals surface area contributed by atoms with E-state index in [1.165, 1.54) is 6.07 Å². The van der Waals surface area contributed by atoms with Crippen molar-refractivity contribution < 1.29 is 13.6 Å². The van der Waals surface area contributed by atoms with Gasteiger partial charge in [-0.15, -0.1) is 0 Å². The van der Waals surface area contributed by atoms with Crippen LogP contribution in [-0.4, -0.2) is 10.8 Å². The van der Waals surface area contributed by atoms with Crippen LogP contribution >= 0.6 is 0 Å². The van der Waals surface area contributed by atoms with Crippen LogP contribution in [-0.2, 0) is 0 Å². The van der Waals surface area contributed by atoms with Crippen LogP contribution in [0.15, 0.2) is 12.3 Å². The fourth-order valence-electron chi connectivity index (χ4n) is 1.17. The highest BCUT2D eigenvalue weighted by Crippen LogP contribution is 2.33. The molecule has 1 heterocycles. The lowest BCUT2D eigenvalue weighted by Crippen LogP contribution is -2.06. The Hall–Kier alpha value is -1.32. The molecule has 2 nitrogen and oxygen atoms in total. The standard InChI is InChI=1S/C9H7F2NO/c10-7-6(3-4-12-9(7)11)8(13)5-1-2-5/h3-5H,1-2H2. The summed E-state index contributed by atoms with van der Waals surface area (Å²) in [5, 5.41) is 0. The Morgan fingerprint density at radius 1 is 1.46 bits per heavy atom. The number of hydrogen-bond acceptors (Lipinski definition) is 2. The van der Waals surface area contributed by atoms with Gasteiger partial charge < -0.3 is 0 Å². The van der Waals surface area contributed by atoms with Crippen molar-refractivity contribution in [3.63, 3.8) is 0 Å². The van der Waals surface area contributed by atoms with E-state index in [1.54, 1.807) is 0 Å². The van der Waals surface area contributed by atoms with Crippen LogP contribution in [0.25, 0.3) is 0 Å². The van der Waals surface area contributed by atoms with E-state index >= 15 is 0 Å². The topological polar surface area (TPSA) is 30.0 Å². The summed E-state index contributed by atoms with van der Waals surface area (Å²) in [5.41, 5.74) is -0.171. The molecule has 1 aromatic heterocycles. The van der Waals surface area contributed by atoms with E-state index in [0.29, 0.717) is 0 Å². The maximum Gasteiger partial charge on any atom is 0.249 e. The van der Waals surface area contributed by atoms with Crippen molar-refractivity contribution in [1.82, 2.24) is 4.98 Å². The summed E-state index contributed by atoms with van der Waals surface area (Å²) in [4.78, 5) is 14.5. The van der Waals surface area contributed by atoms with Crippen molar-refractivity contribution in [3.8, 4) is 0 Å². The SMILES string of the molecule is O=C(c1ccnc(F)c1F)C1CC1. The Labute approximate surface area is 73.6 Å². The Bertz CT molecular complexity index is 361. The highest BCUT2D eigenvalue weighted by Gasteiger charge is 2.32. The molecule has 0 bridgehead atoms. The van der Waals surface area contributed by atoms with Gasteiger partial charge in [0.25, 0.3) is 0 Å². The molecule has 0 aromatic carbocycles. The summed E-state index contributed by atoms with van der Waals surface area (Å²) in [6.07, 6.45) is 2.67. The second-order valence-corrected chi connectivity index (χ2v) is 3.10. The molecule has 1 aromatic rings. The molecule has 0 aliphatic heterocycles. The Balaban J connectivity index is 2.38. The minimum atomic E-state index is -1.20. The highest BCUT2D eigenvalue weighted by atomic mass is 19.2. The fraction of sp³-hybridized carbons (Fsp3) is 0.333. The van der Waals surface area contributed by atoms with E-state index in [0.717, 1.165) is 19.0 Å². The van der Waals surface area contributed by atoms with E-state index in [9.17, 15) is 13.6 Å². The molecule has 0 saturated heterocycles. The molecule has 0 N–H and O–H groups in total. The first kappa shape index (κ1) is 8.29. The highest BCUT2D eigenvalue weighted by molar-refractivity contribution is 5.99. The van der Waals surface area contributed by atoms with Gasteiger partial charge in [-0.25, -0.2) is 9.37 Å². The van der Waals surface area contributed by atoms with Crippen molar-refractivity contribution in [2.75, 3.05) is 0 Å². The van der Waals surface area contributed by atoms with Crippen LogP contribution in [0.5, 0.6) is 0 Å². The quantitative estimate of drug-likeness (QED) is 0.518. The molecule has 0 radical (unpaired) electrons. The molecule has 1 fully saturated rings. The predicted molar refractivity (Wildman–Crippen MR) is 41.2 cm³/mol. The van der Waals surface area contributed by atoms with E-state index in [4.69, 9.17) is 0 Å². The number of rotatable bonds is 2. The van der Waals surface area contributed by atoms with Crippen molar-refractivity contribution in [1.29, 1.82) is 0 Å². The van der Waals surface area contributed by atoms with Gasteiger partial charge in [0.05, 0.1) is 5.56 Å². The molecule has 1 aliphatic carbocycles. The minimum Gasteiger partial charge on any atom is -0.294 e. The van der Waals surface area contributed by atoms with E-state index < -0.39 is 11.8 Å². The number of ketones is 1. The van der Waals surface area contributed by atoms with E-state index in [2.05, 4.69) is 4.98 Å². The minimum absolute atomic E-state index is 0.101. The maximum absolute atomic E-state index is 13.0. The summed E-state index contributed by atoms with van der Waals surface area (Å²) < 4.78 is 25.6. The third-order valence-electron chi connectivity index (χ3n) is 2.06. The number of carbonyl (C=O) groups is 1. The number of carbonyl (C=O) groups excluding carboxylic acids is 1. The fourth-order valence-corrected chi connectivity index (χ4v) is 1.17. The Kier molecular flexibility index (Phi) is 1.83. The first-order valence-corrected chi connectivity index (χ1v) is 4.04. The van der Waals surface area contributed by atoms with Gasteiger partial charge >= 0.3 is 0 Å². The van der Waals surface area contributed by atoms with Crippen LogP contribution in [0.3, 0.4) is 0 Å². The van der Waals surface area contributed by atoms with Crippen molar-refractivity contribution in [2.24, 2.45) is 5.92 Å². The zero-order valence-electron chi connectivity index (χ0n) is 6.76. The summed E-state index contributed by atoms with van der Waals surface area (Å²) in [6.45, 7) is 0. The summed E-state index contributed by atoms with van der Waals surface area (Å²) in [7, 11) is 0. The van der Waals surface area contributed by atoms with Crippen LogP contribution in [0.2, 0.25) is 0 Å². The summed E-state index contributed by atoms with van der Waals surface area (Å²) in [6, 6.07) is 1.22. The zero-order valence-corrected chi connectivity index (χ0v) is 6.76. The molecular formula is C9H7F2NO. The zero-order chi connectivity index (χ0) is 9.42. The molecule has 0 amide bonds. The molecule has 2 rings (SSSR count). The second kappa shape index (κ2) is 2.87. The van der Waals surface area contributed by atoms with Gasteiger partial charge in [-0.3, -0.25) is 4.79 Å². The van der Waals surface area contributed by atoms with Crippen LogP contribution in [0.4, 0.5) is 8.78 Å². The first-order chi connectivity index (χ1) is 6.20. The van der Waals surface area contributed by atoms with Crippen molar-refractivity contribution in [3.05, 3.63) is 29.6 Å². The monoisotopic (exact) mass is 183 g/mol. The maximum atomic E-state index is 13.0. The summed E-state index contributed by atoms with van der Waals surface area (Å²) >= 11 is 0. The van der Waals surface area contributed by atoms with E-state index in [1.807, 2.05) is 0 Å². The van der Waals surface area contributed by atoms with Crippen molar-refractivity contribution >= 4 is 5.78 Å². The van der Waals surface area contributed by atoms with Crippen LogP contribution < -0.4 is 0 Å². The van der Waals surface area contributed by atoms with Gasteiger partial charge in [0.2, 0.25) is 5.95 Å². The van der Waals surface area contributed by atoms with Gasteiger partial charge in [0, 0.05) is 12.1 Å². The summed E-state index contributed by atoms with van der Waals surface area (Å²) in [5.74, 6) is -2.74.